The Morgan fingerprint density at radius 2 is 1.93 bits per heavy atom. The summed E-state index contributed by atoms with van der Waals surface area (Å²) in [6, 6.07) is 1.86. The topological polar surface area (TPSA) is 94.2 Å². The average Bonchev–Trinajstić information content (AvgIpc) is 3.48. The predicted octanol–water partition coefficient (Wildman–Crippen LogP) is 0.723. The normalized spacial score (nSPS) is 21.0. The van der Waals surface area contributed by atoms with Crippen molar-refractivity contribution in [3.05, 3.63) is 30.1 Å². The number of carbonyl (C=O) groups is 1. The number of amides is 1. The number of ether oxygens (including phenoxy) is 1. The highest BCUT2D eigenvalue weighted by Gasteiger charge is 2.43. The molecule has 0 aliphatic carbocycles. The van der Waals surface area contributed by atoms with E-state index in [1.807, 2.05) is 29.5 Å². The number of nitrogens with zero attached hydrogens (tertiary/aromatic N) is 8. The number of likely N-dealkylation sites (tertiary alicyclic amines) is 1. The van der Waals surface area contributed by atoms with Crippen molar-refractivity contribution in [2.24, 2.45) is 18.9 Å². The van der Waals surface area contributed by atoms with Crippen molar-refractivity contribution in [2.45, 2.75) is 13.5 Å². The number of rotatable bonds is 5. The molecular formula is C20H26N8O2. The molecule has 0 radical (unpaired) electrons. The number of hydrogen-bond donors (Lipinski definition) is 0. The van der Waals surface area contributed by atoms with Crippen LogP contribution in [0.25, 0.3) is 11.2 Å². The van der Waals surface area contributed by atoms with E-state index < -0.39 is 0 Å². The van der Waals surface area contributed by atoms with E-state index in [0.29, 0.717) is 30.7 Å². The van der Waals surface area contributed by atoms with E-state index in [0.717, 1.165) is 48.9 Å². The summed E-state index contributed by atoms with van der Waals surface area (Å²) in [5.74, 6) is 1.77. The van der Waals surface area contributed by atoms with Gasteiger partial charge in [0.25, 0.3) is 5.91 Å². The third-order valence-corrected chi connectivity index (χ3v) is 6.32. The first-order chi connectivity index (χ1) is 14.5. The van der Waals surface area contributed by atoms with Gasteiger partial charge in [0.15, 0.2) is 22.7 Å². The Kier molecular flexibility index (Phi) is 4.65. The van der Waals surface area contributed by atoms with Gasteiger partial charge in [0.2, 0.25) is 0 Å². The predicted molar refractivity (Wildman–Crippen MR) is 110 cm³/mol. The summed E-state index contributed by atoms with van der Waals surface area (Å²) < 4.78 is 8.92. The van der Waals surface area contributed by atoms with Crippen LogP contribution in [0, 0.1) is 18.8 Å². The Morgan fingerprint density at radius 3 is 2.60 bits per heavy atom. The molecule has 158 valence electrons. The third-order valence-electron chi connectivity index (χ3n) is 6.32. The third kappa shape index (κ3) is 3.11. The van der Waals surface area contributed by atoms with Crippen LogP contribution in [0.4, 0.5) is 5.82 Å². The molecule has 0 aromatic carbocycles. The summed E-state index contributed by atoms with van der Waals surface area (Å²) in [6.07, 6.45) is 3.41. The monoisotopic (exact) mass is 410 g/mol. The smallest absolute Gasteiger partial charge is 0.274 e. The van der Waals surface area contributed by atoms with Crippen molar-refractivity contribution >= 4 is 22.9 Å². The van der Waals surface area contributed by atoms with Gasteiger partial charge in [0, 0.05) is 64.4 Å². The molecule has 2 fully saturated rings. The number of aryl methyl sites for hydroxylation is 2. The molecule has 5 heterocycles. The fourth-order valence-electron chi connectivity index (χ4n) is 4.61. The van der Waals surface area contributed by atoms with Gasteiger partial charge in [-0.1, -0.05) is 0 Å². The lowest BCUT2D eigenvalue weighted by atomic mass is 10.0. The van der Waals surface area contributed by atoms with Gasteiger partial charge in [-0.05, 0) is 13.0 Å². The van der Waals surface area contributed by atoms with Gasteiger partial charge in [-0.15, -0.1) is 0 Å². The van der Waals surface area contributed by atoms with Crippen LogP contribution in [0.3, 0.4) is 0 Å². The van der Waals surface area contributed by atoms with Crippen LogP contribution in [0.5, 0.6) is 0 Å². The summed E-state index contributed by atoms with van der Waals surface area (Å²) in [4.78, 5) is 30.6. The molecule has 2 aliphatic heterocycles. The molecule has 2 aliphatic rings. The highest BCUT2D eigenvalue weighted by atomic mass is 16.5. The lowest BCUT2D eigenvalue weighted by Crippen LogP contribution is -2.33. The molecule has 3 aromatic heterocycles. The maximum absolute atomic E-state index is 12.9. The highest BCUT2D eigenvalue weighted by Crippen LogP contribution is 2.35. The van der Waals surface area contributed by atoms with Crippen molar-refractivity contribution in [3.63, 3.8) is 0 Å². The standard InChI is InChI=1S/C20H26N8O2/c1-13-6-16(24-25(13)2)20(29)28-9-14-7-27(8-15(14)10-28)19-17-18(21-11-22-19)26(12-23-17)4-5-30-3/h6,11-12,14-15H,4-5,7-10H2,1-3H3. The Balaban J connectivity index is 1.30. The molecule has 0 saturated carbocycles. The Bertz CT molecular complexity index is 1060. The summed E-state index contributed by atoms with van der Waals surface area (Å²) >= 11 is 0. The summed E-state index contributed by atoms with van der Waals surface area (Å²) in [6.45, 7) is 6.52. The average molecular weight is 410 g/mol. The van der Waals surface area contributed by atoms with Gasteiger partial charge in [0.1, 0.15) is 6.33 Å². The molecule has 5 rings (SSSR count). The van der Waals surface area contributed by atoms with Crippen LogP contribution in [0.15, 0.2) is 18.7 Å². The van der Waals surface area contributed by atoms with E-state index in [2.05, 4.69) is 25.0 Å². The Labute approximate surface area is 174 Å². The maximum atomic E-state index is 12.9. The number of methoxy groups -OCH3 is 1. The van der Waals surface area contributed by atoms with Crippen molar-refractivity contribution in [2.75, 3.05) is 44.8 Å². The van der Waals surface area contributed by atoms with Crippen LogP contribution in [0.1, 0.15) is 16.2 Å². The minimum Gasteiger partial charge on any atom is -0.383 e. The lowest BCUT2D eigenvalue weighted by molar-refractivity contribution is 0.0776. The molecule has 10 nitrogen and oxygen atoms in total. The van der Waals surface area contributed by atoms with Crippen LogP contribution in [0.2, 0.25) is 0 Å². The zero-order chi connectivity index (χ0) is 20.8. The number of carbonyl (C=O) groups excluding carboxylic acids is 1. The quantitative estimate of drug-likeness (QED) is 0.612. The van der Waals surface area contributed by atoms with E-state index in [4.69, 9.17) is 4.74 Å². The molecular weight excluding hydrogens is 384 g/mol. The molecule has 1 amide bonds. The number of anilines is 1. The van der Waals surface area contributed by atoms with Crippen LogP contribution in [-0.2, 0) is 18.3 Å². The lowest BCUT2D eigenvalue weighted by Gasteiger charge is -2.22. The second-order valence-corrected chi connectivity index (χ2v) is 8.23. The summed E-state index contributed by atoms with van der Waals surface area (Å²) in [5, 5.41) is 4.35. The van der Waals surface area contributed by atoms with Gasteiger partial charge in [-0.2, -0.15) is 5.10 Å². The molecule has 30 heavy (non-hydrogen) atoms. The first-order valence-electron chi connectivity index (χ1n) is 10.2. The van der Waals surface area contributed by atoms with Crippen molar-refractivity contribution < 1.29 is 9.53 Å². The highest BCUT2D eigenvalue weighted by molar-refractivity contribution is 5.92. The first-order valence-corrected chi connectivity index (χ1v) is 10.2. The minimum absolute atomic E-state index is 0.0287. The molecule has 2 atom stereocenters. The van der Waals surface area contributed by atoms with Crippen LogP contribution in [-0.4, -0.2) is 80.0 Å². The Hall–Kier alpha value is -3.01. The maximum Gasteiger partial charge on any atom is 0.274 e. The van der Waals surface area contributed by atoms with Crippen LogP contribution < -0.4 is 4.90 Å². The van der Waals surface area contributed by atoms with Crippen molar-refractivity contribution in [3.8, 4) is 0 Å². The molecule has 2 saturated heterocycles. The minimum atomic E-state index is 0.0287. The number of fused-ring (bicyclic) bond motifs is 2. The van der Waals surface area contributed by atoms with E-state index in [1.54, 1.807) is 24.4 Å². The van der Waals surface area contributed by atoms with Gasteiger partial charge in [-0.25, -0.2) is 15.0 Å². The number of hydrogen-bond acceptors (Lipinski definition) is 7. The largest absolute Gasteiger partial charge is 0.383 e. The van der Waals surface area contributed by atoms with Gasteiger partial charge in [-0.3, -0.25) is 9.48 Å². The van der Waals surface area contributed by atoms with E-state index in [9.17, 15) is 4.79 Å². The molecule has 10 heteroatoms. The summed E-state index contributed by atoms with van der Waals surface area (Å²) in [5.41, 5.74) is 3.18. The number of imidazole rings is 1. The molecule has 0 bridgehead atoms. The number of aromatic nitrogens is 6. The van der Waals surface area contributed by atoms with Crippen molar-refractivity contribution in [1.29, 1.82) is 0 Å². The zero-order valence-electron chi connectivity index (χ0n) is 17.5. The summed E-state index contributed by atoms with van der Waals surface area (Å²) in [7, 11) is 3.55. The first kappa shape index (κ1) is 19.0. The SMILES string of the molecule is COCCn1cnc2c(N3CC4CN(C(=O)c5cc(C)n(C)n5)CC4C3)ncnc21. The molecule has 2 unspecified atom stereocenters. The van der Waals surface area contributed by atoms with Gasteiger partial charge >= 0.3 is 0 Å². The molecule has 3 aromatic rings. The second-order valence-electron chi connectivity index (χ2n) is 8.23. The van der Waals surface area contributed by atoms with Gasteiger partial charge < -0.3 is 19.1 Å². The fraction of sp³-hybridized carbons (Fsp3) is 0.550. The van der Waals surface area contributed by atoms with E-state index >= 15 is 0 Å². The second kappa shape index (κ2) is 7.35. The van der Waals surface area contributed by atoms with Crippen molar-refractivity contribution in [1.82, 2.24) is 34.2 Å². The van der Waals surface area contributed by atoms with Crippen LogP contribution >= 0.6 is 0 Å². The molecule has 0 N–H and O–H groups in total. The fourth-order valence-corrected chi connectivity index (χ4v) is 4.61. The zero-order valence-corrected chi connectivity index (χ0v) is 17.5. The Morgan fingerprint density at radius 1 is 1.17 bits per heavy atom. The molecule has 0 spiro atoms. The van der Waals surface area contributed by atoms with E-state index in [-0.39, 0.29) is 5.91 Å². The van der Waals surface area contributed by atoms with E-state index in [1.165, 1.54) is 0 Å². The van der Waals surface area contributed by atoms with Gasteiger partial charge in [0.05, 0.1) is 12.9 Å².